The first-order chi connectivity index (χ1) is 9.22. The third-order valence-electron chi connectivity index (χ3n) is 3.58. The molecular weight excluding hydrogens is 244 g/mol. The number of rotatable bonds is 4. The van der Waals surface area contributed by atoms with E-state index in [9.17, 15) is 9.90 Å². The molecule has 5 nitrogen and oxygen atoms in total. The fraction of sp³-hybridized carbons (Fsp3) is 0.429. The minimum Gasteiger partial charge on any atom is -0.393 e. The summed E-state index contributed by atoms with van der Waals surface area (Å²) < 4.78 is 5.16. The van der Waals surface area contributed by atoms with Crippen molar-refractivity contribution in [1.29, 1.82) is 0 Å². The number of carbonyl (C=O) groups is 1. The molecule has 1 heterocycles. The second kappa shape index (κ2) is 5.01. The van der Waals surface area contributed by atoms with Gasteiger partial charge in [0.05, 0.1) is 12.5 Å². The lowest BCUT2D eigenvalue weighted by Crippen LogP contribution is -2.38. The Hall–Kier alpha value is -1.88. The van der Waals surface area contributed by atoms with Gasteiger partial charge in [-0.05, 0) is 30.9 Å². The van der Waals surface area contributed by atoms with Crippen LogP contribution in [0.25, 0.3) is 11.0 Å². The normalized spacial score (nSPS) is 22.2. The molecule has 0 radical (unpaired) electrons. The molecule has 0 bridgehead atoms. The van der Waals surface area contributed by atoms with Crippen molar-refractivity contribution in [3.05, 3.63) is 30.0 Å². The van der Waals surface area contributed by atoms with E-state index in [1.54, 1.807) is 0 Å². The fourth-order valence-corrected chi connectivity index (χ4v) is 2.41. The van der Waals surface area contributed by atoms with Gasteiger partial charge in [-0.2, -0.15) is 0 Å². The molecule has 2 aromatic rings. The number of aromatic nitrogens is 1. The van der Waals surface area contributed by atoms with E-state index in [2.05, 4.69) is 10.5 Å². The predicted octanol–water partition coefficient (Wildman–Crippen LogP) is 1.26. The summed E-state index contributed by atoms with van der Waals surface area (Å²) in [5.41, 5.74) is 1.37. The number of carbonyl (C=O) groups excluding carboxylic acids is 1. The number of aliphatic hydroxyl groups is 1. The van der Waals surface area contributed by atoms with Gasteiger partial charge in [-0.25, -0.2) is 0 Å². The van der Waals surface area contributed by atoms with Crippen LogP contribution in [0.15, 0.2) is 28.8 Å². The number of benzene rings is 1. The number of hydrogen-bond donors (Lipinski definition) is 2. The molecule has 1 aliphatic rings. The first kappa shape index (κ1) is 12.2. The number of hydrogen-bond acceptors (Lipinski definition) is 4. The van der Waals surface area contributed by atoms with Crippen molar-refractivity contribution in [2.24, 2.45) is 5.92 Å². The summed E-state index contributed by atoms with van der Waals surface area (Å²) in [6, 6.07) is 7.51. The number of aliphatic hydroxyl groups excluding tert-OH is 1. The van der Waals surface area contributed by atoms with Crippen LogP contribution in [-0.4, -0.2) is 28.8 Å². The number of nitrogens with one attached hydrogen (secondary N) is 1. The van der Waals surface area contributed by atoms with E-state index in [1.807, 2.05) is 24.3 Å². The molecule has 1 fully saturated rings. The zero-order valence-electron chi connectivity index (χ0n) is 10.5. The first-order valence-corrected chi connectivity index (χ1v) is 6.50. The summed E-state index contributed by atoms with van der Waals surface area (Å²) in [7, 11) is 0. The van der Waals surface area contributed by atoms with Crippen molar-refractivity contribution in [2.45, 2.75) is 25.4 Å². The van der Waals surface area contributed by atoms with Gasteiger partial charge in [0, 0.05) is 11.9 Å². The molecule has 1 saturated carbocycles. The highest BCUT2D eigenvalue weighted by atomic mass is 16.5. The van der Waals surface area contributed by atoms with Gasteiger partial charge in [0.25, 0.3) is 0 Å². The molecule has 0 spiro atoms. The Morgan fingerprint density at radius 2 is 2.21 bits per heavy atom. The van der Waals surface area contributed by atoms with Crippen LogP contribution in [0.3, 0.4) is 0 Å². The molecule has 2 N–H and O–H groups in total. The van der Waals surface area contributed by atoms with Gasteiger partial charge in [-0.15, -0.1) is 0 Å². The van der Waals surface area contributed by atoms with Crippen LogP contribution >= 0.6 is 0 Å². The smallest absolute Gasteiger partial charge is 0.226 e. The molecule has 0 saturated heterocycles. The van der Waals surface area contributed by atoms with Crippen LogP contribution in [0.5, 0.6) is 0 Å². The average molecular weight is 260 g/mol. The monoisotopic (exact) mass is 260 g/mol. The predicted molar refractivity (Wildman–Crippen MR) is 69.5 cm³/mol. The Labute approximate surface area is 110 Å². The van der Waals surface area contributed by atoms with E-state index in [0.717, 1.165) is 18.2 Å². The van der Waals surface area contributed by atoms with Crippen LogP contribution in [0, 0.1) is 5.92 Å². The maximum absolute atomic E-state index is 11.8. The highest BCUT2D eigenvalue weighted by Crippen LogP contribution is 2.26. The Bertz CT molecular complexity index is 587. The van der Waals surface area contributed by atoms with Crippen LogP contribution in [0.2, 0.25) is 0 Å². The largest absolute Gasteiger partial charge is 0.393 e. The Kier molecular flexibility index (Phi) is 3.21. The fourth-order valence-electron chi connectivity index (χ4n) is 2.41. The van der Waals surface area contributed by atoms with Crippen LogP contribution < -0.4 is 5.32 Å². The minimum atomic E-state index is -0.179. The van der Waals surface area contributed by atoms with E-state index >= 15 is 0 Å². The number of para-hydroxylation sites is 1. The van der Waals surface area contributed by atoms with Gasteiger partial charge in [-0.3, -0.25) is 4.79 Å². The van der Waals surface area contributed by atoms with Crippen molar-refractivity contribution in [2.75, 3.05) is 6.54 Å². The maximum Gasteiger partial charge on any atom is 0.226 e. The molecule has 1 aliphatic carbocycles. The lowest BCUT2D eigenvalue weighted by molar-refractivity contribution is -0.121. The van der Waals surface area contributed by atoms with Gasteiger partial charge in [0.15, 0.2) is 5.58 Å². The van der Waals surface area contributed by atoms with Gasteiger partial charge in [0.1, 0.15) is 5.69 Å². The molecule has 5 heteroatoms. The van der Waals surface area contributed by atoms with E-state index < -0.39 is 0 Å². The summed E-state index contributed by atoms with van der Waals surface area (Å²) in [5, 5.41) is 16.9. The highest BCUT2D eigenvalue weighted by Gasteiger charge is 2.27. The molecule has 3 rings (SSSR count). The standard InChI is InChI=1S/C14H16N2O3/c17-10-5-9(6-10)8-15-14(18)7-12-11-3-1-2-4-13(11)19-16-12/h1-4,9-10,17H,5-8H2,(H,15,18). The van der Waals surface area contributed by atoms with E-state index in [4.69, 9.17) is 4.52 Å². The van der Waals surface area contributed by atoms with E-state index in [0.29, 0.717) is 23.7 Å². The molecule has 1 amide bonds. The summed E-state index contributed by atoms with van der Waals surface area (Å²) >= 11 is 0. The molecule has 0 aliphatic heterocycles. The average Bonchev–Trinajstić information content (AvgIpc) is 2.77. The second-order valence-electron chi connectivity index (χ2n) is 5.10. The molecule has 1 aromatic heterocycles. The van der Waals surface area contributed by atoms with Crippen LogP contribution in [-0.2, 0) is 11.2 Å². The van der Waals surface area contributed by atoms with Gasteiger partial charge >= 0.3 is 0 Å². The Morgan fingerprint density at radius 1 is 1.42 bits per heavy atom. The molecular formula is C14H16N2O3. The van der Waals surface area contributed by atoms with Crippen molar-refractivity contribution in [3.63, 3.8) is 0 Å². The highest BCUT2D eigenvalue weighted by molar-refractivity contribution is 5.86. The van der Waals surface area contributed by atoms with E-state index in [-0.39, 0.29) is 18.4 Å². The zero-order valence-corrected chi connectivity index (χ0v) is 10.5. The van der Waals surface area contributed by atoms with Crippen molar-refractivity contribution in [1.82, 2.24) is 10.5 Å². The molecule has 100 valence electrons. The van der Waals surface area contributed by atoms with Crippen molar-refractivity contribution >= 4 is 16.9 Å². The van der Waals surface area contributed by atoms with Gasteiger partial charge < -0.3 is 14.9 Å². The summed E-state index contributed by atoms with van der Waals surface area (Å²) in [6.45, 7) is 0.631. The number of nitrogens with zero attached hydrogens (tertiary/aromatic N) is 1. The molecule has 0 unspecified atom stereocenters. The summed E-state index contributed by atoms with van der Waals surface area (Å²) in [6.07, 6.45) is 1.62. The lowest BCUT2D eigenvalue weighted by atomic mass is 9.82. The minimum absolute atomic E-state index is 0.0551. The van der Waals surface area contributed by atoms with Crippen LogP contribution in [0.1, 0.15) is 18.5 Å². The molecule has 19 heavy (non-hydrogen) atoms. The van der Waals surface area contributed by atoms with Crippen LogP contribution in [0.4, 0.5) is 0 Å². The number of fused-ring (bicyclic) bond motifs is 1. The SMILES string of the molecule is O=C(Cc1noc2ccccc12)NCC1CC(O)C1. The molecule has 0 atom stereocenters. The van der Waals surface area contributed by atoms with Gasteiger partial charge in [0.2, 0.25) is 5.91 Å². The second-order valence-corrected chi connectivity index (χ2v) is 5.10. The Morgan fingerprint density at radius 3 is 3.00 bits per heavy atom. The van der Waals surface area contributed by atoms with Crippen molar-refractivity contribution in [3.8, 4) is 0 Å². The van der Waals surface area contributed by atoms with Crippen molar-refractivity contribution < 1.29 is 14.4 Å². The summed E-state index contributed by atoms with van der Waals surface area (Å²) in [4.78, 5) is 11.8. The third kappa shape index (κ3) is 2.61. The van der Waals surface area contributed by atoms with E-state index in [1.165, 1.54) is 0 Å². The van der Waals surface area contributed by atoms with Gasteiger partial charge in [-0.1, -0.05) is 17.3 Å². The topological polar surface area (TPSA) is 75.4 Å². The zero-order chi connectivity index (χ0) is 13.2. The Balaban J connectivity index is 1.57. The first-order valence-electron chi connectivity index (χ1n) is 6.50. The third-order valence-corrected chi connectivity index (χ3v) is 3.58. The summed E-state index contributed by atoms with van der Waals surface area (Å²) in [5.74, 6) is 0.355. The lowest BCUT2D eigenvalue weighted by Gasteiger charge is -2.31. The quantitative estimate of drug-likeness (QED) is 0.867. The number of amides is 1. The maximum atomic E-state index is 11.8. The molecule has 1 aromatic carbocycles.